The maximum atomic E-state index is 13.1. The number of aromatic nitrogens is 5. The van der Waals surface area contributed by atoms with Crippen LogP contribution in [0.4, 0.5) is 4.39 Å². The highest BCUT2D eigenvalue weighted by molar-refractivity contribution is 5.75. The van der Waals surface area contributed by atoms with Gasteiger partial charge in [0.2, 0.25) is 5.89 Å². The molecule has 0 N–H and O–H groups in total. The van der Waals surface area contributed by atoms with E-state index in [1.807, 2.05) is 26.0 Å². The molecule has 0 unspecified atom stereocenters. The van der Waals surface area contributed by atoms with Crippen LogP contribution in [-0.2, 0) is 6.54 Å². The molecule has 3 aromatic heterocycles. The van der Waals surface area contributed by atoms with Crippen LogP contribution in [0.25, 0.3) is 28.2 Å². The Labute approximate surface area is 176 Å². The van der Waals surface area contributed by atoms with Crippen LogP contribution < -0.4 is 5.56 Å². The van der Waals surface area contributed by atoms with E-state index in [9.17, 15) is 9.18 Å². The Bertz CT molecular complexity index is 1440. The van der Waals surface area contributed by atoms with E-state index in [4.69, 9.17) is 4.42 Å². The quantitative estimate of drug-likeness (QED) is 0.443. The average Bonchev–Trinajstić information content (AvgIpc) is 3.37. The van der Waals surface area contributed by atoms with Crippen LogP contribution in [0.5, 0.6) is 0 Å². The standard InChI is InChI=1S/C23H18FN5O2/c1-14-7-15(2)9-19(8-14)29-21-20(10-26-29)23(30)28(13-25-21)11-18-12-31-22(27-18)16-3-5-17(24)6-4-16/h3-10,12-13H,11H2,1-2H3. The third kappa shape index (κ3) is 3.52. The normalized spacial score (nSPS) is 11.3. The van der Waals surface area contributed by atoms with Gasteiger partial charge in [0, 0.05) is 5.56 Å². The van der Waals surface area contributed by atoms with Gasteiger partial charge in [-0.2, -0.15) is 5.10 Å². The summed E-state index contributed by atoms with van der Waals surface area (Å²) < 4.78 is 21.7. The van der Waals surface area contributed by atoms with Gasteiger partial charge in [0.15, 0.2) is 5.65 Å². The highest BCUT2D eigenvalue weighted by Gasteiger charge is 2.14. The number of hydrogen-bond donors (Lipinski definition) is 0. The van der Waals surface area contributed by atoms with E-state index in [2.05, 4.69) is 21.1 Å². The molecule has 2 aromatic carbocycles. The molecule has 5 rings (SSSR count). The van der Waals surface area contributed by atoms with Crippen LogP contribution in [-0.4, -0.2) is 24.3 Å². The topological polar surface area (TPSA) is 78.7 Å². The van der Waals surface area contributed by atoms with Gasteiger partial charge in [-0.25, -0.2) is 19.0 Å². The zero-order valence-corrected chi connectivity index (χ0v) is 16.9. The van der Waals surface area contributed by atoms with Gasteiger partial charge in [-0.1, -0.05) is 6.07 Å². The molecule has 31 heavy (non-hydrogen) atoms. The summed E-state index contributed by atoms with van der Waals surface area (Å²) in [7, 11) is 0. The molecule has 3 heterocycles. The summed E-state index contributed by atoms with van der Waals surface area (Å²) in [6, 6.07) is 11.9. The van der Waals surface area contributed by atoms with Crippen molar-refractivity contribution < 1.29 is 8.81 Å². The van der Waals surface area contributed by atoms with Crippen molar-refractivity contribution in [3.63, 3.8) is 0 Å². The maximum Gasteiger partial charge on any atom is 0.264 e. The largest absolute Gasteiger partial charge is 0.444 e. The smallest absolute Gasteiger partial charge is 0.264 e. The van der Waals surface area contributed by atoms with Crippen LogP contribution >= 0.6 is 0 Å². The summed E-state index contributed by atoms with van der Waals surface area (Å²) in [5.74, 6) is 0.0301. The van der Waals surface area contributed by atoms with Crippen molar-refractivity contribution in [2.45, 2.75) is 20.4 Å². The number of halogens is 1. The van der Waals surface area contributed by atoms with Crippen molar-refractivity contribution in [1.29, 1.82) is 0 Å². The predicted octanol–water partition coefficient (Wildman–Crippen LogP) is 4.04. The monoisotopic (exact) mass is 415 g/mol. The number of rotatable bonds is 4. The van der Waals surface area contributed by atoms with E-state index < -0.39 is 0 Å². The van der Waals surface area contributed by atoms with Crippen LogP contribution in [0.3, 0.4) is 0 Å². The summed E-state index contributed by atoms with van der Waals surface area (Å²) in [4.78, 5) is 21.9. The second kappa shape index (κ2) is 7.32. The molecule has 7 nitrogen and oxygen atoms in total. The molecular weight excluding hydrogens is 397 g/mol. The second-order valence-corrected chi connectivity index (χ2v) is 7.47. The van der Waals surface area contributed by atoms with Crippen molar-refractivity contribution in [2.24, 2.45) is 0 Å². The van der Waals surface area contributed by atoms with Crippen LogP contribution in [0.2, 0.25) is 0 Å². The Morgan fingerprint density at radius 1 is 1.06 bits per heavy atom. The Kier molecular flexibility index (Phi) is 4.47. The van der Waals surface area contributed by atoms with Gasteiger partial charge < -0.3 is 4.42 Å². The molecule has 0 saturated carbocycles. The van der Waals surface area contributed by atoms with Crippen molar-refractivity contribution in [3.8, 4) is 17.1 Å². The molecule has 0 saturated heterocycles. The predicted molar refractivity (Wildman–Crippen MR) is 114 cm³/mol. The minimum absolute atomic E-state index is 0.196. The minimum atomic E-state index is -0.331. The Balaban J connectivity index is 1.47. The number of fused-ring (bicyclic) bond motifs is 1. The lowest BCUT2D eigenvalue weighted by molar-refractivity contribution is 0.570. The van der Waals surface area contributed by atoms with Gasteiger partial charge in [0.1, 0.15) is 23.8 Å². The zero-order valence-electron chi connectivity index (χ0n) is 16.9. The Morgan fingerprint density at radius 2 is 1.81 bits per heavy atom. The number of aryl methyl sites for hydroxylation is 2. The minimum Gasteiger partial charge on any atom is -0.444 e. The van der Waals surface area contributed by atoms with Gasteiger partial charge in [-0.3, -0.25) is 9.36 Å². The number of hydrogen-bond acceptors (Lipinski definition) is 5. The molecular formula is C23H18FN5O2. The average molecular weight is 415 g/mol. The summed E-state index contributed by atoms with van der Waals surface area (Å²) in [5, 5.41) is 4.80. The van der Waals surface area contributed by atoms with E-state index in [-0.39, 0.29) is 17.9 Å². The first-order valence-corrected chi connectivity index (χ1v) is 9.70. The highest BCUT2D eigenvalue weighted by Crippen LogP contribution is 2.20. The molecule has 8 heteroatoms. The molecule has 0 fully saturated rings. The number of oxazole rings is 1. The van der Waals surface area contributed by atoms with Gasteiger partial charge in [-0.05, 0) is 61.4 Å². The van der Waals surface area contributed by atoms with E-state index in [1.54, 1.807) is 16.8 Å². The SMILES string of the molecule is Cc1cc(C)cc(-n2ncc3c(=O)n(Cc4coc(-c5ccc(F)cc5)n4)cnc32)c1. The van der Waals surface area contributed by atoms with E-state index in [0.717, 1.165) is 16.8 Å². The number of nitrogens with zero attached hydrogens (tertiary/aromatic N) is 5. The van der Waals surface area contributed by atoms with Crippen LogP contribution in [0.15, 0.2) is 70.5 Å². The Hall–Kier alpha value is -4.07. The molecule has 0 radical (unpaired) electrons. The molecule has 0 amide bonds. The van der Waals surface area contributed by atoms with E-state index in [1.165, 1.54) is 35.5 Å². The fourth-order valence-electron chi connectivity index (χ4n) is 3.60. The van der Waals surface area contributed by atoms with Crippen LogP contribution in [0, 0.1) is 19.7 Å². The first-order valence-electron chi connectivity index (χ1n) is 9.70. The van der Waals surface area contributed by atoms with Crippen molar-refractivity contribution in [2.75, 3.05) is 0 Å². The van der Waals surface area contributed by atoms with Crippen LogP contribution in [0.1, 0.15) is 16.8 Å². The van der Waals surface area contributed by atoms with Gasteiger partial charge in [0.25, 0.3) is 5.56 Å². The third-order valence-corrected chi connectivity index (χ3v) is 4.98. The molecule has 0 aliphatic carbocycles. The first kappa shape index (κ1) is 18.9. The van der Waals surface area contributed by atoms with Crippen molar-refractivity contribution in [1.82, 2.24) is 24.3 Å². The summed E-state index contributed by atoms with van der Waals surface area (Å²) in [5.41, 5.74) is 4.57. The summed E-state index contributed by atoms with van der Waals surface area (Å²) >= 11 is 0. The van der Waals surface area contributed by atoms with E-state index in [0.29, 0.717) is 28.2 Å². The van der Waals surface area contributed by atoms with Gasteiger partial charge in [-0.15, -0.1) is 0 Å². The van der Waals surface area contributed by atoms with Crippen molar-refractivity contribution >= 4 is 11.0 Å². The fourth-order valence-corrected chi connectivity index (χ4v) is 3.60. The molecule has 0 aliphatic rings. The Morgan fingerprint density at radius 3 is 2.55 bits per heavy atom. The fraction of sp³-hybridized carbons (Fsp3) is 0.130. The van der Waals surface area contributed by atoms with E-state index >= 15 is 0 Å². The third-order valence-electron chi connectivity index (χ3n) is 4.98. The molecule has 5 aromatic rings. The molecule has 0 atom stereocenters. The molecule has 154 valence electrons. The lowest BCUT2D eigenvalue weighted by Crippen LogP contribution is -2.21. The van der Waals surface area contributed by atoms with Crippen molar-refractivity contribution in [3.05, 3.63) is 94.2 Å². The summed E-state index contributed by atoms with van der Waals surface area (Å²) in [6.45, 7) is 4.22. The molecule has 0 bridgehead atoms. The zero-order chi connectivity index (χ0) is 21.5. The van der Waals surface area contributed by atoms with Gasteiger partial charge in [0.05, 0.1) is 24.1 Å². The number of benzene rings is 2. The highest BCUT2D eigenvalue weighted by atomic mass is 19.1. The maximum absolute atomic E-state index is 13.1. The van der Waals surface area contributed by atoms with Gasteiger partial charge >= 0.3 is 0 Å². The second-order valence-electron chi connectivity index (χ2n) is 7.47. The first-order chi connectivity index (χ1) is 15.0. The molecule has 0 spiro atoms. The lowest BCUT2D eigenvalue weighted by atomic mass is 10.1. The summed E-state index contributed by atoms with van der Waals surface area (Å²) in [6.07, 6.45) is 4.50. The molecule has 0 aliphatic heterocycles. The lowest BCUT2D eigenvalue weighted by Gasteiger charge is -2.07.